The van der Waals surface area contributed by atoms with E-state index in [1.165, 1.54) is 0 Å². The Morgan fingerprint density at radius 2 is 2.00 bits per heavy atom. The molecule has 0 amide bonds. The van der Waals surface area contributed by atoms with Crippen molar-refractivity contribution in [3.63, 3.8) is 0 Å². The van der Waals surface area contributed by atoms with Gasteiger partial charge in [-0.3, -0.25) is 9.59 Å². The second-order valence-corrected chi connectivity index (χ2v) is 3.76. The smallest absolute Gasteiger partial charge is 0.320 e. The zero-order valence-corrected chi connectivity index (χ0v) is 9.78. The third kappa shape index (κ3) is 8.23. The number of carbonyl (C=O) groups excluding carboxylic acids is 1. The van der Waals surface area contributed by atoms with Crippen LogP contribution in [-0.2, 0) is 14.3 Å². The van der Waals surface area contributed by atoms with Crippen LogP contribution >= 0.6 is 0 Å². The molecule has 0 aliphatic carbocycles. The van der Waals surface area contributed by atoms with E-state index >= 15 is 0 Å². The van der Waals surface area contributed by atoms with Gasteiger partial charge in [0, 0.05) is 6.42 Å². The first kappa shape index (κ1) is 14.9. The lowest BCUT2D eigenvalue weighted by atomic mass is 10.1. The molecule has 0 bridgehead atoms. The quantitative estimate of drug-likeness (QED) is 0.461. The maximum Gasteiger partial charge on any atom is 0.320 e. The Kier molecular flexibility index (Phi) is 8.52. The highest BCUT2D eigenvalue weighted by Crippen LogP contribution is 2.04. The van der Waals surface area contributed by atoms with E-state index in [1.54, 1.807) is 0 Å². The van der Waals surface area contributed by atoms with E-state index in [0.29, 0.717) is 32.3 Å². The highest BCUT2D eigenvalue weighted by Gasteiger charge is 2.10. The van der Waals surface area contributed by atoms with Crippen molar-refractivity contribution in [2.45, 2.75) is 51.5 Å². The van der Waals surface area contributed by atoms with Gasteiger partial charge in [-0.25, -0.2) is 0 Å². The van der Waals surface area contributed by atoms with Crippen LogP contribution in [0.5, 0.6) is 0 Å². The summed E-state index contributed by atoms with van der Waals surface area (Å²) in [5, 5.41) is 8.52. The molecule has 1 unspecified atom stereocenters. The lowest BCUT2D eigenvalue weighted by molar-refractivity contribution is -0.143. The summed E-state index contributed by atoms with van der Waals surface area (Å²) in [4.78, 5) is 21.5. The fraction of sp³-hybridized carbons (Fsp3) is 0.818. The number of carboxylic acids is 1. The number of rotatable bonds is 9. The van der Waals surface area contributed by atoms with E-state index in [0.717, 1.165) is 12.8 Å². The van der Waals surface area contributed by atoms with Gasteiger partial charge in [-0.2, -0.15) is 0 Å². The van der Waals surface area contributed by atoms with Crippen molar-refractivity contribution < 1.29 is 19.4 Å². The van der Waals surface area contributed by atoms with Crippen LogP contribution in [0.1, 0.15) is 45.4 Å². The lowest BCUT2D eigenvalue weighted by Crippen LogP contribution is -2.29. The Morgan fingerprint density at radius 3 is 2.56 bits per heavy atom. The molecule has 1 atom stereocenters. The largest absolute Gasteiger partial charge is 0.480 e. The number of unbranched alkanes of at least 4 members (excludes halogenated alkanes) is 2. The molecule has 0 spiro atoms. The van der Waals surface area contributed by atoms with Gasteiger partial charge in [0.1, 0.15) is 6.04 Å². The summed E-state index contributed by atoms with van der Waals surface area (Å²) in [5.41, 5.74) is 5.32. The van der Waals surface area contributed by atoms with Gasteiger partial charge in [0.05, 0.1) is 6.61 Å². The summed E-state index contributed by atoms with van der Waals surface area (Å²) in [6.07, 6.45) is 3.90. The number of esters is 1. The Hall–Kier alpha value is -1.10. The molecule has 0 aromatic rings. The second-order valence-electron chi connectivity index (χ2n) is 3.76. The third-order valence-electron chi connectivity index (χ3n) is 2.22. The lowest BCUT2D eigenvalue weighted by Gasteiger charge is -2.06. The van der Waals surface area contributed by atoms with Gasteiger partial charge in [-0.1, -0.05) is 19.8 Å². The third-order valence-corrected chi connectivity index (χ3v) is 2.22. The van der Waals surface area contributed by atoms with Crippen molar-refractivity contribution >= 4 is 11.9 Å². The van der Waals surface area contributed by atoms with E-state index in [-0.39, 0.29) is 5.97 Å². The van der Waals surface area contributed by atoms with Gasteiger partial charge in [-0.15, -0.1) is 0 Å². The Balaban J connectivity index is 3.37. The van der Waals surface area contributed by atoms with Gasteiger partial charge in [-0.05, 0) is 19.3 Å². The standard InChI is InChI=1S/C11H21NO4/c1-2-3-8-16-10(13)7-5-4-6-9(12)11(14)15/h9H,2-8,12H2,1H3,(H,14,15). The van der Waals surface area contributed by atoms with Crippen molar-refractivity contribution in [2.24, 2.45) is 5.73 Å². The average molecular weight is 231 g/mol. The van der Waals surface area contributed by atoms with Crippen LogP contribution < -0.4 is 5.73 Å². The van der Waals surface area contributed by atoms with Crippen molar-refractivity contribution in [2.75, 3.05) is 6.61 Å². The van der Waals surface area contributed by atoms with Gasteiger partial charge in [0.25, 0.3) is 0 Å². The van der Waals surface area contributed by atoms with Gasteiger partial charge in [0.15, 0.2) is 0 Å². The minimum atomic E-state index is -0.995. The molecule has 0 heterocycles. The van der Waals surface area contributed by atoms with E-state index < -0.39 is 12.0 Å². The normalized spacial score (nSPS) is 12.1. The van der Waals surface area contributed by atoms with E-state index in [4.69, 9.17) is 15.6 Å². The summed E-state index contributed by atoms with van der Waals surface area (Å²) >= 11 is 0. The Labute approximate surface area is 96.0 Å². The van der Waals surface area contributed by atoms with Crippen molar-refractivity contribution in [1.29, 1.82) is 0 Å². The molecule has 0 saturated heterocycles. The van der Waals surface area contributed by atoms with Crippen LogP contribution in [0.3, 0.4) is 0 Å². The highest BCUT2D eigenvalue weighted by molar-refractivity contribution is 5.73. The summed E-state index contributed by atoms with van der Waals surface area (Å²) in [6, 6.07) is -0.823. The molecule has 5 heteroatoms. The molecule has 0 aromatic heterocycles. The summed E-state index contributed by atoms with van der Waals surface area (Å²) in [6.45, 7) is 2.51. The Bertz CT molecular complexity index is 218. The fourth-order valence-electron chi connectivity index (χ4n) is 1.16. The van der Waals surface area contributed by atoms with Crippen LogP contribution in [0.2, 0.25) is 0 Å². The molecular formula is C11H21NO4. The number of nitrogens with two attached hydrogens (primary N) is 1. The maximum absolute atomic E-state index is 11.1. The average Bonchev–Trinajstić information content (AvgIpc) is 2.24. The van der Waals surface area contributed by atoms with Crippen LogP contribution in [0.4, 0.5) is 0 Å². The SMILES string of the molecule is CCCCOC(=O)CCCCC(N)C(=O)O. The molecule has 0 saturated carbocycles. The van der Waals surface area contributed by atoms with Crippen molar-refractivity contribution in [3.05, 3.63) is 0 Å². The van der Waals surface area contributed by atoms with Crippen molar-refractivity contribution in [1.82, 2.24) is 0 Å². The van der Waals surface area contributed by atoms with Crippen molar-refractivity contribution in [3.8, 4) is 0 Å². The zero-order valence-electron chi connectivity index (χ0n) is 9.78. The van der Waals surface area contributed by atoms with Crippen LogP contribution in [0, 0.1) is 0 Å². The first-order valence-electron chi connectivity index (χ1n) is 5.72. The number of aliphatic carboxylic acids is 1. The molecule has 5 nitrogen and oxygen atoms in total. The van der Waals surface area contributed by atoms with Gasteiger partial charge >= 0.3 is 11.9 Å². The number of hydrogen-bond acceptors (Lipinski definition) is 4. The molecule has 0 aliphatic heterocycles. The molecule has 94 valence electrons. The molecule has 3 N–H and O–H groups in total. The topological polar surface area (TPSA) is 89.6 Å². The molecule has 0 radical (unpaired) electrons. The molecule has 0 rings (SSSR count). The zero-order chi connectivity index (χ0) is 12.4. The molecule has 16 heavy (non-hydrogen) atoms. The summed E-state index contributed by atoms with van der Waals surface area (Å²) in [5.74, 6) is -1.21. The predicted octanol–water partition coefficient (Wildman–Crippen LogP) is 1.30. The first-order chi connectivity index (χ1) is 7.57. The monoisotopic (exact) mass is 231 g/mol. The number of hydrogen-bond donors (Lipinski definition) is 2. The minimum absolute atomic E-state index is 0.211. The second kappa shape index (κ2) is 9.15. The van der Waals surface area contributed by atoms with E-state index in [1.807, 2.05) is 6.92 Å². The van der Waals surface area contributed by atoms with E-state index in [9.17, 15) is 9.59 Å². The number of carbonyl (C=O) groups is 2. The van der Waals surface area contributed by atoms with Gasteiger partial charge < -0.3 is 15.6 Å². The number of carboxylic acid groups (broad SMARTS) is 1. The summed E-state index contributed by atoms with van der Waals surface area (Å²) < 4.78 is 4.95. The molecule has 0 aromatic carbocycles. The van der Waals surface area contributed by atoms with Crippen LogP contribution in [0.15, 0.2) is 0 Å². The van der Waals surface area contributed by atoms with Gasteiger partial charge in [0.2, 0.25) is 0 Å². The summed E-state index contributed by atoms with van der Waals surface area (Å²) in [7, 11) is 0. The predicted molar refractivity (Wildman–Crippen MR) is 59.9 cm³/mol. The fourth-order valence-corrected chi connectivity index (χ4v) is 1.16. The maximum atomic E-state index is 11.1. The highest BCUT2D eigenvalue weighted by atomic mass is 16.5. The van der Waals surface area contributed by atoms with Crippen LogP contribution in [0.25, 0.3) is 0 Å². The van der Waals surface area contributed by atoms with Crippen LogP contribution in [-0.4, -0.2) is 29.7 Å². The molecular weight excluding hydrogens is 210 g/mol. The Morgan fingerprint density at radius 1 is 1.31 bits per heavy atom. The molecule has 0 fully saturated rings. The van der Waals surface area contributed by atoms with E-state index in [2.05, 4.69) is 0 Å². The molecule has 0 aliphatic rings. The first-order valence-corrected chi connectivity index (χ1v) is 5.72. The number of ether oxygens (including phenoxy) is 1. The minimum Gasteiger partial charge on any atom is -0.480 e.